The average molecular weight is 1820 g/mol. The van der Waals surface area contributed by atoms with Gasteiger partial charge in [0.15, 0.2) is 0 Å². The Labute approximate surface area is 749 Å². The number of H-pyrrole nitrogens is 7. The number of hydrogen-bond acceptors (Lipinski definition) is 28. The fraction of sp³-hybridized carbons (Fsp3) is 0.543. The van der Waals surface area contributed by atoms with E-state index in [0.717, 1.165) is 149 Å². The van der Waals surface area contributed by atoms with Gasteiger partial charge in [0.1, 0.15) is 62.7 Å². The number of aliphatic hydroxyl groups excluding tert-OH is 13. The van der Waals surface area contributed by atoms with Gasteiger partial charge in [-0.05, 0) is 154 Å². The predicted molar refractivity (Wildman–Crippen MR) is 476 cm³/mol. The van der Waals surface area contributed by atoms with Crippen molar-refractivity contribution in [3.8, 4) is 0 Å². The second-order valence-corrected chi connectivity index (χ2v) is 36.2. The number of rotatable bonds is 15. The molecule has 7 aliphatic carbocycles. The maximum absolute atomic E-state index is 14.2. The lowest BCUT2D eigenvalue weighted by Crippen LogP contribution is -2.35. The van der Waals surface area contributed by atoms with Crippen LogP contribution in [0.4, 0.5) is 17.6 Å². The van der Waals surface area contributed by atoms with E-state index in [9.17, 15) is 68.6 Å². The molecule has 702 valence electrons. The van der Waals surface area contributed by atoms with Crippen LogP contribution in [0, 0.1) is 89.9 Å². The van der Waals surface area contributed by atoms with Crippen molar-refractivity contribution in [2.75, 3.05) is 53.4 Å². The van der Waals surface area contributed by atoms with Gasteiger partial charge in [-0.25, -0.2) is 87.3 Å². The van der Waals surface area contributed by atoms with Crippen molar-refractivity contribution in [2.24, 2.45) is 41.4 Å². The molecule has 0 aromatic carbocycles. The third kappa shape index (κ3) is 18.9. The molecular formula is C92H117F4N21O14. The van der Waals surface area contributed by atoms with Gasteiger partial charge in [0.05, 0.1) is 160 Å². The van der Waals surface area contributed by atoms with Gasteiger partial charge in [-0.2, -0.15) is 0 Å². The quantitative estimate of drug-likeness (QED) is 0.0427. The highest BCUT2D eigenvalue weighted by Crippen LogP contribution is 2.53. The second kappa shape index (κ2) is 40.9. The number of ether oxygens (including phenoxy) is 1. The summed E-state index contributed by atoms with van der Waals surface area (Å²) in [6.45, 7) is 12.9. The zero-order chi connectivity index (χ0) is 93.1. The monoisotopic (exact) mass is 1820 g/mol. The molecular weight excluding hydrogens is 1700 g/mol. The van der Waals surface area contributed by atoms with Crippen LogP contribution in [0.5, 0.6) is 0 Å². The largest absolute Gasteiger partial charge is 0.396 e. The Morgan fingerprint density at radius 1 is 0.313 bits per heavy atom. The number of nitrogens with one attached hydrogen (secondary N) is 7. The number of aliphatic hydroxyl groups is 13. The molecule has 0 radical (unpaired) electrons. The summed E-state index contributed by atoms with van der Waals surface area (Å²) < 4.78 is 62.3. The molecule has 0 saturated heterocycles. The molecule has 7 aliphatic rings. The zero-order valence-electron chi connectivity index (χ0n) is 74.1. The molecule has 14 heterocycles. The number of hydrogen-bond donors (Lipinski definition) is 20. The summed E-state index contributed by atoms with van der Waals surface area (Å²) in [5.41, 5.74) is 24.1. The van der Waals surface area contributed by atoms with Gasteiger partial charge in [-0.3, -0.25) is 0 Å². The molecule has 39 heteroatoms. The first-order chi connectivity index (χ1) is 63.1. The lowest BCUT2D eigenvalue weighted by molar-refractivity contribution is -0.112. The smallest absolute Gasteiger partial charge is 0.280 e. The Hall–Kier alpha value is -10.5. The number of nitrogens with zero attached hydrogens (tertiary/aromatic N) is 14. The van der Waals surface area contributed by atoms with E-state index in [1.807, 2.05) is 60.1 Å². The Balaban J connectivity index is 0.000000117. The van der Waals surface area contributed by atoms with Gasteiger partial charge in [-0.1, -0.05) is 0 Å². The highest BCUT2D eigenvalue weighted by Gasteiger charge is 2.58. The van der Waals surface area contributed by atoms with Gasteiger partial charge < -0.3 is 106 Å². The van der Waals surface area contributed by atoms with Crippen molar-refractivity contribution >= 4 is 77.2 Å². The second-order valence-electron chi connectivity index (χ2n) is 36.2. The predicted octanol–water partition coefficient (Wildman–Crippen LogP) is 8.59. The number of aromatic amines is 7. The summed E-state index contributed by atoms with van der Waals surface area (Å²) in [5.74, 6) is -5.56. The molecule has 14 aromatic heterocycles. The van der Waals surface area contributed by atoms with Crippen LogP contribution in [0.2, 0.25) is 0 Å². The van der Waals surface area contributed by atoms with E-state index in [1.165, 1.54) is 30.7 Å². The molecule has 20 N–H and O–H groups in total. The zero-order valence-corrected chi connectivity index (χ0v) is 74.1. The van der Waals surface area contributed by atoms with E-state index in [1.54, 1.807) is 51.7 Å². The summed E-state index contributed by atoms with van der Waals surface area (Å²) in [5, 5.41) is 124. The highest BCUT2D eigenvalue weighted by molar-refractivity contribution is 5.86. The number of fused-ring (bicyclic) bond motifs is 7. The van der Waals surface area contributed by atoms with E-state index in [0.29, 0.717) is 83.9 Å². The standard InChI is InChI=1S/C14H19N3O3.C13H15F2N3O2.2C13H16FN3O2.2C13H17N3O2.C13H17N3O/c1-7-11-12(17-6-16-7)10(4-15-11)9-3-8(5-18)13(19)14(9)20-2;1-6-10-11(18-5-17-6)8(3-16-10)9-2-7(4-19)12(20)13(9,14)15;2*1-6-11-12(17-5-16-6)9(3-15-11)8-2-7(4-18)13(19)10(8)14;1-7-12-13(16-6-15-7)10(4-14-12)8-2-9(5-17)11(18)3-8;1-7-12-13(16-6-15-7)10(4-14-12)9-2-8(5-17)3-11(9)18;1-8-12-13(16-7-15-8)11(5-14-12)10-3-2-9(4-10)6-17/h4,6,8-9,13-15,18-19H,3,5H2,1-2H3;3,5,7,9,12,16,19-20H,2,4H2,1H3;2*3,5,7-8,10,13,15,18-19H,2,4H2,1H3;2*4,6,8-9,11,14,17-18H,2-3,5H2,1H3;5,7,9-10,14,17H,2-4,6H2,1H3/t8-,9+,13-,14+;7-,9+,12-;7-,8+,10+,13-;7-,8+,10-,13-;2*8-,9-,11+;9-,10+/m1111101/s1. The van der Waals surface area contributed by atoms with Crippen molar-refractivity contribution in [1.82, 2.24) is 105 Å². The molecule has 14 aromatic rings. The minimum absolute atomic E-state index is 0.0112. The SMILES string of the molecule is CO[C@@H]1[C@H](O)[C@@H](CO)C[C@H]1c1c[nH]c2c(C)ncnc12.Cc1ncnc2c([C@@H]3C[C@H](CO)C[C@H]3O)c[nH]c12.Cc1ncnc2c([C@@H]3C[C@H](CO)[C@@H](O)C3(F)F)c[nH]c12.Cc1ncnc2c([C@@H]3C[C@H](CO)[C@@H](O)C3)c[nH]c12.Cc1ncnc2c([C@@H]3C[C@H](CO)[C@@H](O)[C@@H]3F)c[nH]c12.Cc1ncnc2c([C@@H]3C[C@H](CO)[C@@H](O)[C@H]3F)c[nH]c12.Cc1ncnc2c([C@H]3CC[C@@H](CO)C3)c[nH]c12. The van der Waals surface area contributed by atoms with Crippen LogP contribution >= 0.6 is 0 Å². The minimum Gasteiger partial charge on any atom is -0.396 e. The van der Waals surface area contributed by atoms with Crippen molar-refractivity contribution in [1.29, 1.82) is 0 Å². The number of halogens is 4. The van der Waals surface area contributed by atoms with Crippen LogP contribution in [0.15, 0.2) is 87.7 Å². The number of aromatic nitrogens is 21. The molecule has 0 amide bonds. The third-order valence-electron chi connectivity index (χ3n) is 28.5. The van der Waals surface area contributed by atoms with E-state index >= 15 is 0 Å². The van der Waals surface area contributed by atoms with Crippen LogP contribution in [-0.4, -0.2) is 285 Å². The van der Waals surface area contributed by atoms with Crippen LogP contribution in [-0.2, 0) is 4.74 Å². The number of aryl methyl sites for hydroxylation is 7. The molecule has 0 spiro atoms. The van der Waals surface area contributed by atoms with Gasteiger partial charge in [0, 0.05) is 178 Å². The first kappa shape index (κ1) is 95.1. The molecule has 21 rings (SSSR count). The lowest BCUT2D eigenvalue weighted by Gasteiger charge is -2.21. The summed E-state index contributed by atoms with van der Waals surface area (Å²) in [6, 6.07) is 0. The average Bonchev–Trinajstić information content (AvgIpc) is 1.60. The van der Waals surface area contributed by atoms with Crippen molar-refractivity contribution in [3.63, 3.8) is 0 Å². The first-order valence-corrected chi connectivity index (χ1v) is 44.6. The Morgan fingerprint density at radius 3 is 0.962 bits per heavy atom. The Bertz CT molecular complexity index is 6080. The fourth-order valence-electron chi connectivity index (χ4n) is 20.9. The number of methoxy groups -OCH3 is 1. The van der Waals surface area contributed by atoms with Crippen molar-refractivity contribution < 1.29 is 88.7 Å². The lowest BCUT2D eigenvalue weighted by atomic mass is 9.95. The summed E-state index contributed by atoms with van der Waals surface area (Å²) in [7, 11) is 1.59. The fourth-order valence-corrected chi connectivity index (χ4v) is 20.9. The molecule has 35 nitrogen and oxygen atoms in total. The van der Waals surface area contributed by atoms with Gasteiger partial charge in [-0.15, -0.1) is 0 Å². The molecule has 0 aliphatic heterocycles. The van der Waals surface area contributed by atoms with Crippen LogP contribution in [0.1, 0.15) is 191 Å². The van der Waals surface area contributed by atoms with E-state index in [2.05, 4.69) is 111 Å². The van der Waals surface area contributed by atoms with E-state index < -0.39 is 97.0 Å². The number of alkyl halides is 4. The molecule has 23 atom stereocenters. The van der Waals surface area contributed by atoms with Gasteiger partial charge in [0.2, 0.25) is 0 Å². The molecule has 131 heavy (non-hydrogen) atoms. The molecule has 7 fully saturated rings. The molecule has 0 unspecified atom stereocenters. The maximum atomic E-state index is 14.2. The summed E-state index contributed by atoms with van der Waals surface area (Å²) in [6.07, 6.45) is 22.7. The molecule has 7 saturated carbocycles. The summed E-state index contributed by atoms with van der Waals surface area (Å²) in [4.78, 5) is 80.7. The maximum Gasteiger partial charge on any atom is 0.280 e. The molecule has 0 bridgehead atoms. The van der Waals surface area contributed by atoms with Crippen LogP contribution in [0.3, 0.4) is 0 Å². The first-order valence-electron chi connectivity index (χ1n) is 44.6. The van der Waals surface area contributed by atoms with Crippen LogP contribution < -0.4 is 0 Å². The van der Waals surface area contributed by atoms with Crippen molar-refractivity contribution in [2.45, 2.75) is 222 Å². The van der Waals surface area contributed by atoms with Crippen molar-refractivity contribution in [3.05, 3.63) is 166 Å². The van der Waals surface area contributed by atoms with E-state index in [4.69, 9.17) is 20.1 Å². The van der Waals surface area contributed by atoms with E-state index in [-0.39, 0.29) is 81.1 Å². The minimum atomic E-state index is -3.28. The third-order valence-corrected chi connectivity index (χ3v) is 28.5. The van der Waals surface area contributed by atoms with Gasteiger partial charge in [0.25, 0.3) is 5.92 Å². The Kier molecular flexibility index (Phi) is 29.7. The Morgan fingerprint density at radius 2 is 0.634 bits per heavy atom. The van der Waals surface area contributed by atoms with Crippen LogP contribution in [0.25, 0.3) is 77.2 Å². The normalized spacial score (nSPS) is 29.0. The van der Waals surface area contributed by atoms with Gasteiger partial charge >= 0.3 is 0 Å². The topological polar surface area (TPSA) is 563 Å². The highest BCUT2D eigenvalue weighted by atomic mass is 19.3. The summed E-state index contributed by atoms with van der Waals surface area (Å²) >= 11 is 0.